The van der Waals surface area contributed by atoms with Crippen molar-refractivity contribution in [2.45, 2.75) is 38.3 Å². The summed E-state index contributed by atoms with van der Waals surface area (Å²) in [6, 6.07) is 0. The molecule has 4 rings (SSSR count). The van der Waals surface area contributed by atoms with E-state index in [-0.39, 0.29) is 5.60 Å². The van der Waals surface area contributed by atoms with Crippen molar-refractivity contribution in [2.75, 3.05) is 26.3 Å². The van der Waals surface area contributed by atoms with Crippen LogP contribution in [0.2, 0.25) is 0 Å². The maximum Gasteiger partial charge on any atom is 0.232 e. The maximum absolute atomic E-state index is 6.16. The predicted octanol–water partition coefficient (Wildman–Crippen LogP) is 1.97. The van der Waals surface area contributed by atoms with Crippen LogP contribution < -0.4 is 4.74 Å². The monoisotopic (exact) mass is 357 g/mol. The molecule has 2 aliphatic rings. The molecule has 140 valence electrons. The van der Waals surface area contributed by atoms with E-state index in [9.17, 15) is 0 Å². The molecule has 26 heavy (non-hydrogen) atoms. The summed E-state index contributed by atoms with van der Waals surface area (Å²) in [5.74, 6) is 1.28. The topological polar surface area (TPSA) is 65.3 Å². The van der Waals surface area contributed by atoms with E-state index in [2.05, 4.69) is 26.2 Å². The number of nitrogens with zero attached hydrogens (tertiary/aromatic N) is 5. The van der Waals surface area contributed by atoms with E-state index in [4.69, 9.17) is 9.47 Å². The zero-order chi connectivity index (χ0) is 18.0. The lowest BCUT2D eigenvalue weighted by Crippen LogP contribution is -2.64. The Balaban J connectivity index is 1.22. The molecule has 0 aliphatic carbocycles. The molecule has 7 nitrogen and oxygen atoms in total. The highest BCUT2D eigenvalue weighted by atomic mass is 16.5. The minimum atomic E-state index is 0.0499. The summed E-state index contributed by atoms with van der Waals surface area (Å²) in [6.45, 7) is 6.47. The number of ether oxygens (including phenoxy) is 2. The van der Waals surface area contributed by atoms with Gasteiger partial charge in [0, 0.05) is 51.2 Å². The Hall–Kier alpha value is -1.99. The fourth-order valence-electron chi connectivity index (χ4n) is 4.13. The van der Waals surface area contributed by atoms with Gasteiger partial charge in [0.15, 0.2) is 0 Å². The first-order chi connectivity index (χ1) is 12.6. The molecule has 0 amide bonds. The molecule has 2 fully saturated rings. The van der Waals surface area contributed by atoms with E-state index in [1.54, 1.807) is 12.4 Å². The molecular formula is C19H27N5O2. The van der Waals surface area contributed by atoms with Crippen LogP contribution in [0.5, 0.6) is 5.88 Å². The molecular weight excluding hydrogens is 330 g/mol. The third kappa shape index (κ3) is 4.04. The Morgan fingerprint density at radius 3 is 2.96 bits per heavy atom. The maximum atomic E-state index is 6.16. The molecule has 2 aliphatic heterocycles. The van der Waals surface area contributed by atoms with Gasteiger partial charge in [-0.1, -0.05) is 0 Å². The molecule has 2 aromatic rings. The molecule has 0 unspecified atom stereocenters. The Bertz CT molecular complexity index is 741. The third-order valence-corrected chi connectivity index (χ3v) is 5.29. The summed E-state index contributed by atoms with van der Waals surface area (Å²) < 4.78 is 13.8. The van der Waals surface area contributed by atoms with Crippen LogP contribution in [0.15, 0.2) is 24.8 Å². The number of hydrogen-bond acceptors (Lipinski definition) is 6. The number of aromatic nitrogens is 4. The zero-order valence-corrected chi connectivity index (χ0v) is 15.6. The highest BCUT2D eigenvalue weighted by Gasteiger charge is 2.47. The molecule has 1 atom stereocenters. The minimum absolute atomic E-state index is 0.0499. The van der Waals surface area contributed by atoms with Crippen molar-refractivity contribution < 1.29 is 9.47 Å². The van der Waals surface area contributed by atoms with E-state index in [0.29, 0.717) is 18.4 Å². The van der Waals surface area contributed by atoms with E-state index in [0.717, 1.165) is 51.2 Å². The second-order valence-electron chi connectivity index (χ2n) is 7.69. The molecule has 2 aromatic heterocycles. The van der Waals surface area contributed by atoms with Gasteiger partial charge in [0.05, 0.1) is 30.3 Å². The van der Waals surface area contributed by atoms with Crippen LogP contribution >= 0.6 is 0 Å². The van der Waals surface area contributed by atoms with Crippen molar-refractivity contribution in [3.05, 3.63) is 36.0 Å². The molecule has 1 spiro atoms. The van der Waals surface area contributed by atoms with E-state index in [1.165, 1.54) is 5.56 Å². The van der Waals surface area contributed by atoms with Gasteiger partial charge in [-0.3, -0.25) is 14.6 Å². The van der Waals surface area contributed by atoms with Gasteiger partial charge >= 0.3 is 0 Å². The lowest BCUT2D eigenvalue weighted by atomic mass is 9.79. The summed E-state index contributed by atoms with van der Waals surface area (Å²) in [4.78, 5) is 10.9. The Morgan fingerprint density at radius 1 is 1.31 bits per heavy atom. The van der Waals surface area contributed by atoms with Crippen LogP contribution in [0, 0.1) is 12.8 Å². The van der Waals surface area contributed by atoms with Crippen LogP contribution in [-0.4, -0.2) is 56.6 Å². The molecule has 0 bridgehead atoms. The van der Waals surface area contributed by atoms with Gasteiger partial charge in [-0.05, 0) is 32.1 Å². The largest absolute Gasteiger partial charge is 0.477 e. The number of hydrogen-bond donors (Lipinski definition) is 0. The normalized spacial score (nSPS) is 22.3. The van der Waals surface area contributed by atoms with Crippen LogP contribution in [0.3, 0.4) is 0 Å². The number of aryl methyl sites for hydroxylation is 2. The summed E-state index contributed by atoms with van der Waals surface area (Å²) in [6.07, 6.45) is 10.7. The van der Waals surface area contributed by atoms with E-state index >= 15 is 0 Å². The average Bonchev–Trinajstić information content (AvgIpc) is 2.99. The van der Waals surface area contributed by atoms with Gasteiger partial charge in [-0.2, -0.15) is 5.10 Å². The van der Waals surface area contributed by atoms with Crippen molar-refractivity contribution in [1.82, 2.24) is 24.6 Å². The first kappa shape index (κ1) is 17.4. The highest BCUT2D eigenvalue weighted by molar-refractivity contribution is 5.09. The Morgan fingerprint density at radius 2 is 2.19 bits per heavy atom. The number of rotatable bonds is 6. The fraction of sp³-hybridized carbons (Fsp3) is 0.632. The van der Waals surface area contributed by atoms with Crippen LogP contribution in [0.4, 0.5) is 0 Å². The van der Waals surface area contributed by atoms with Crippen molar-refractivity contribution in [1.29, 1.82) is 0 Å². The molecule has 0 saturated carbocycles. The quantitative estimate of drug-likeness (QED) is 0.787. The van der Waals surface area contributed by atoms with E-state index in [1.807, 2.05) is 24.9 Å². The molecule has 4 heterocycles. The first-order valence-electron chi connectivity index (χ1n) is 9.36. The van der Waals surface area contributed by atoms with Crippen molar-refractivity contribution >= 4 is 0 Å². The van der Waals surface area contributed by atoms with E-state index < -0.39 is 0 Å². The predicted molar refractivity (Wildman–Crippen MR) is 96.8 cm³/mol. The SMILES string of the molecule is Cc1cncc(OCC[C@@H]2CCOC3(C2)CN(Cc2cnn(C)c2)C3)n1. The minimum Gasteiger partial charge on any atom is -0.477 e. The van der Waals surface area contributed by atoms with Crippen LogP contribution in [-0.2, 0) is 18.3 Å². The van der Waals surface area contributed by atoms with Gasteiger partial charge in [0.1, 0.15) is 0 Å². The van der Waals surface area contributed by atoms with Crippen molar-refractivity contribution in [3.63, 3.8) is 0 Å². The molecule has 0 aromatic carbocycles. The first-order valence-corrected chi connectivity index (χ1v) is 9.36. The van der Waals surface area contributed by atoms with Gasteiger partial charge in [0.25, 0.3) is 0 Å². The zero-order valence-electron chi connectivity index (χ0n) is 15.6. The van der Waals surface area contributed by atoms with Crippen molar-refractivity contribution in [2.24, 2.45) is 13.0 Å². The lowest BCUT2D eigenvalue weighted by molar-refractivity contribution is -0.182. The highest BCUT2D eigenvalue weighted by Crippen LogP contribution is 2.38. The second kappa shape index (κ2) is 7.32. The van der Waals surface area contributed by atoms with Crippen LogP contribution in [0.1, 0.15) is 30.5 Å². The number of likely N-dealkylation sites (tertiary alicyclic amines) is 1. The summed E-state index contributed by atoms with van der Waals surface area (Å²) in [5, 5.41) is 4.24. The fourth-order valence-corrected chi connectivity index (χ4v) is 4.13. The standard InChI is InChI=1S/C19H27N5O2/c1-15-8-20-10-18(22-15)25-5-3-16-4-6-26-19(7-16)13-24(14-19)12-17-9-21-23(2)11-17/h8-11,16H,3-7,12-14H2,1-2H3/t16-/m1/s1. The Labute approximate surface area is 154 Å². The summed E-state index contributed by atoms with van der Waals surface area (Å²) in [7, 11) is 1.96. The molecule has 7 heteroatoms. The van der Waals surface area contributed by atoms with Gasteiger partial charge in [-0.15, -0.1) is 0 Å². The molecule has 0 N–H and O–H groups in total. The smallest absolute Gasteiger partial charge is 0.232 e. The van der Waals surface area contributed by atoms with Gasteiger partial charge in [0.2, 0.25) is 5.88 Å². The summed E-state index contributed by atoms with van der Waals surface area (Å²) >= 11 is 0. The van der Waals surface area contributed by atoms with Crippen LogP contribution in [0.25, 0.3) is 0 Å². The second-order valence-corrected chi connectivity index (χ2v) is 7.69. The molecule has 2 saturated heterocycles. The van der Waals surface area contributed by atoms with Gasteiger partial charge < -0.3 is 9.47 Å². The van der Waals surface area contributed by atoms with Gasteiger partial charge in [-0.25, -0.2) is 4.98 Å². The van der Waals surface area contributed by atoms with Crippen molar-refractivity contribution in [3.8, 4) is 5.88 Å². The molecule has 0 radical (unpaired) electrons. The summed E-state index contributed by atoms with van der Waals surface area (Å²) in [5.41, 5.74) is 2.20. The Kier molecular flexibility index (Phi) is 4.91. The lowest BCUT2D eigenvalue weighted by Gasteiger charge is -2.53. The third-order valence-electron chi connectivity index (χ3n) is 5.29. The average molecular weight is 357 g/mol.